The van der Waals surface area contributed by atoms with Crippen molar-refractivity contribution < 1.29 is 0 Å². The lowest BCUT2D eigenvalue weighted by Gasteiger charge is -2.57. The smallest absolute Gasteiger partial charge is 0.160 e. The lowest BCUT2D eigenvalue weighted by molar-refractivity contribution is -0.00518. The van der Waals surface area contributed by atoms with Gasteiger partial charge in [-0.3, -0.25) is 0 Å². The minimum atomic E-state index is 0.402. The number of hydrogen-bond donors (Lipinski definition) is 0. The Labute approximate surface area is 356 Å². The van der Waals surface area contributed by atoms with Crippen molar-refractivity contribution in [2.24, 2.45) is 17.8 Å². The van der Waals surface area contributed by atoms with Crippen LogP contribution in [0.15, 0.2) is 182 Å². The fourth-order valence-corrected chi connectivity index (χ4v) is 12.5. The molecule has 4 aliphatic carbocycles. The van der Waals surface area contributed by atoms with Gasteiger partial charge in [-0.1, -0.05) is 133 Å². The van der Waals surface area contributed by atoms with Crippen molar-refractivity contribution in [3.8, 4) is 50.6 Å². The van der Waals surface area contributed by atoms with Crippen molar-refractivity contribution in [3.63, 3.8) is 0 Å². The van der Waals surface area contributed by atoms with E-state index in [1.807, 2.05) is 0 Å². The molecule has 4 fully saturated rings. The summed E-state index contributed by atoms with van der Waals surface area (Å²) in [5.41, 5.74) is 14.4. The molecule has 0 amide bonds. The molecule has 61 heavy (non-hydrogen) atoms. The maximum atomic E-state index is 5.35. The molecule has 10 aromatic rings. The number of aromatic nitrogens is 3. The van der Waals surface area contributed by atoms with Gasteiger partial charge in [-0.25, -0.2) is 9.97 Å². The van der Waals surface area contributed by atoms with Gasteiger partial charge < -0.3 is 4.57 Å². The molecule has 2 heterocycles. The van der Waals surface area contributed by atoms with Crippen LogP contribution in [-0.4, -0.2) is 14.5 Å². The SMILES string of the molecule is c1cc(-c2nc(-c3ccc(-n4c5ccccc5c5ccccc54)cc3)nc3ccccc23)cc(-c2cccc3cccc(-c4ccc(C56CC7CC(CC(C7)C5)C6)cc4)c23)c1. The Morgan fingerprint density at radius 1 is 0.443 bits per heavy atom. The van der Waals surface area contributed by atoms with E-state index in [1.165, 1.54) is 93.4 Å². The van der Waals surface area contributed by atoms with Crippen LogP contribution in [0.5, 0.6) is 0 Å². The highest BCUT2D eigenvalue weighted by Gasteiger charge is 2.51. The van der Waals surface area contributed by atoms with Gasteiger partial charge in [-0.2, -0.15) is 0 Å². The van der Waals surface area contributed by atoms with Gasteiger partial charge >= 0.3 is 0 Å². The van der Waals surface area contributed by atoms with Gasteiger partial charge in [-0.15, -0.1) is 0 Å². The zero-order chi connectivity index (χ0) is 40.1. The van der Waals surface area contributed by atoms with Crippen LogP contribution in [-0.2, 0) is 5.41 Å². The summed E-state index contributed by atoms with van der Waals surface area (Å²) in [5.74, 6) is 3.55. The Balaban J connectivity index is 0.881. The zero-order valence-electron chi connectivity index (χ0n) is 34.1. The van der Waals surface area contributed by atoms with E-state index >= 15 is 0 Å². The molecule has 4 bridgehead atoms. The second-order valence-corrected chi connectivity index (χ2v) is 18.4. The lowest BCUT2D eigenvalue weighted by atomic mass is 9.48. The molecule has 0 spiro atoms. The average Bonchev–Trinajstić information content (AvgIpc) is 3.65. The molecule has 3 nitrogen and oxygen atoms in total. The highest BCUT2D eigenvalue weighted by atomic mass is 15.0. The number of benzene rings is 8. The third-order valence-corrected chi connectivity index (χ3v) is 14.8. The monoisotopic (exact) mass is 783 g/mol. The molecule has 0 aliphatic heterocycles. The van der Waals surface area contributed by atoms with Crippen LogP contribution in [0.3, 0.4) is 0 Å². The van der Waals surface area contributed by atoms with Crippen molar-refractivity contribution >= 4 is 43.5 Å². The van der Waals surface area contributed by atoms with E-state index in [-0.39, 0.29) is 0 Å². The van der Waals surface area contributed by atoms with Crippen LogP contribution in [0, 0.1) is 17.8 Å². The highest BCUT2D eigenvalue weighted by molar-refractivity contribution is 6.09. The minimum Gasteiger partial charge on any atom is -0.309 e. The predicted molar refractivity (Wildman–Crippen MR) is 253 cm³/mol. The molecule has 0 atom stereocenters. The number of para-hydroxylation sites is 3. The Morgan fingerprint density at radius 3 is 1.67 bits per heavy atom. The summed E-state index contributed by atoms with van der Waals surface area (Å²) in [6.45, 7) is 0. The molecule has 0 saturated heterocycles. The van der Waals surface area contributed by atoms with Gasteiger partial charge in [0.05, 0.1) is 22.2 Å². The van der Waals surface area contributed by atoms with Crippen LogP contribution in [0.2, 0.25) is 0 Å². The standard InChI is InChI=1S/C58H45N3/c1-4-19-52-51(16-1)56(60-57(59-52)42-24-28-46(29-25-42)61-53-20-5-2-14-49(53)50-15-3-6-21-54(50)61)44-13-7-12-43(33-44)48-18-9-11-41-10-8-17-47(55(41)48)40-22-26-45(27-23-40)58-34-37-30-38(35-58)32-39(31-37)36-58/h1-29,33,37-39H,30-32,34-36H2. The third kappa shape index (κ3) is 5.63. The number of rotatable bonds is 6. The summed E-state index contributed by atoms with van der Waals surface area (Å²) in [6, 6.07) is 66.7. The fraction of sp³-hybridized carbons (Fsp3) is 0.172. The Bertz CT molecular complexity index is 3240. The van der Waals surface area contributed by atoms with E-state index in [2.05, 4.69) is 187 Å². The van der Waals surface area contributed by atoms with Gasteiger partial charge in [-0.05, 0) is 149 Å². The summed E-state index contributed by atoms with van der Waals surface area (Å²) in [6.07, 6.45) is 8.62. The van der Waals surface area contributed by atoms with E-state index in [0.29, 0.717) is 5.41 Å². The summed E-state index contributed by atoms with van der Waals surface area (Å²) < 4.78 is 2.35. The molecule has 2 aromatic heterocycles. The molecular formula is C58H45N3. The predicted octanol–water partition coefficient (Wildman–Crippen LogP) is 15.0. The molecule has 0 radical (unpaired) electrons. The number of fused-ring (bicyclic) bond motifs is 5. The second kappa shape index (κ2) is 13.6. The van der Waals surface area contributed by atoms with Gasteiger partial charge in [0, 0.05) is 33.0 Å². The molecule has 4 saturated carbocycles. The summed E-state index contributed by atoms with van der Waals surface area (Å²) in [7, 11) is 0. The average molecular weight is 784 g/mol. The zero-order valence-corrected chi connectivity index (χ0v) is 34.1. The Kier molecular flexibility index (Phi) is 7.79. The van der Waals surface area contributed by atoms with E-state index < -0.39 is 0 Å². The summed E-state index contributed by atoms with van der Waals surface area (Å²) >= 11 is 0. The number of hydrogen-bond acceptors (Lipinski definition) is 2. The normalized spacial score (nSPS) is 20.6. The van der Waals surface area contributed by atoms with Crippen molar-refractivity contribution in [1.29, 1.82) is 0 Å². The molecule has 8 aromatic carbocycles. The Hall–Kier alpha value is -6.84. The summed E-state index contributed by atoms with van der Waals surface area (Å²) in [5, 5.41) is 6.11. The van der Waals surface area contributed by atoms with E-state index in [9.17, 15) is 0 Å². The molecule has 4 aliphatic rings. The first kappa shape index (κ1) is 35.0. The van der Waals surface area contributed by atoms with Gasteiger partial charge in [0.25, 0.3) is 0 Å². The molecular weight excluding hydrogens is 739 g/mol. The van der Waals surface area contributed by atoms with Crippen molar-refractivity contribution in [2.45, 2.75) is 43.9 Å². The third-order valence-electron chi connectivity index (χ3n) is 14.8. The molecule has 14 rings (SSSR count). The fourth-order valence-electron chi connectivity index (χ4n) is 12.5. The first-order chi connectivity index (χ1) is 30.1. The molecule has 292 valence electrons. The Morgan fingerprint density at radius 2 is 1.00 bits per heavy atom. The first-order valence-electron chi connectivity index (χ1n) is 22.2. The largest absolute Gasteiger partial charge is 0.309 e. The van der Waals surface area contributed by atoms with Crippen LogP contribution in [0.4, 0.5) is 0 Å². The van der Waals surface area contributed by atoms with Crippen molar-refractivity contribution in [3.05, 3.63) is 188 Å². The first-order valence-corrected chi connectivity index (χ1v) is 22.2. The second-order valence-electron chi connectivity index (χ2n) is 18.4. The lowest BCUT2D eigenvalue weighted by Crippen LogP contribution is -2.48. The summed E-state index contributed by atoms with van der Waals surface area (Å²) in [4.78, 5) is 10.5. The topological polar surface area (TPSA) is 30.7 Å². The van der Waals surface area contributed by atoms with Crippen molar-refractivity contribution in [1.82, 2.24) is 14.5 Å². The minimum absolute atomic E-state index is 0.402. The highest BCUT2D eigenvalue weighted by Crippen LogP contribution is 2.61. The van der Waals surface area contributed by atoms with Gasteiger partial charge in [0.1, 0.15) is 0 Å². The van der Waals surface area contributed by atoms with Gasteiger partial charge in [0.15, 0.2) is 5.82 Å². The van der Waals surface area contributed by atoms with Crippen LogP contribution >= 0.6 is 0 Å². The maximum absolute atomic E-state index is 5.35. The molecule has 0 unspecified atom stereocenters. The van der Waals surface area contributed by atoms with Crippen LogP contribution < -0.4 is 0 Å². The van der Waals surface area contributed by atoms with Gasteiger partial charge in [0.2, 0.25) is 0 Å². The maximum Gasteiger partial charge on any atom is 0.160 e. The number of nitrogens with zero attached hydrogens (tertiary/aromatic N) is 3. The quantitative estimate of drug-likeness (QED) is 0.168. The molecule has 0 N–H and O–H groups in total. The van der Waals surface area contributed by atoms with E-state index in [0.717, 1.165) is 57.0 Å². The van der Waals surface area contributed by atoms with E-state index in [4.69, 9.17) is 9.97 Å². The van der Waals surface area contributed by atoms with E-state index in [1.54, 1.807) is 5.56 Å². The van der Waals surface area contributed by atoms with Crippen LogP contribution in [0.1, 0.15) is 44.1 Å². The molecule has 3 heteroatoms. The van der Waals surface area contributed by atoms with Crippen molar-refractivity contribution in [2.75, 3.05) is 0 Å². The van der Waals surface area contributed by atoms with Crippen LogP contribution in [0.25, 0.3) is 94.1 Å².